The van der Waals surface area contributed by atoms with E-state index < -0.39 is 0 Å². The number of aromatic nitrogens is 2. The van der Waals surface area contributed by atoms with Gasteiger partial charge < -0.3 is 19.9 Å². The van der Waals surface area contributed by atoms with Crippen LogP contribution in [-0.2, 0) is 6.54 Å². The number of carbonyl (C=O) groups is 1. The zero-order chi connectivity index (χ0) is 16.7. The molecule has 1 aromatic carbocycles. The first-order valence-corrected chi connectivity index (χ1v) is 7.79. The highest BCUT2D eigenvalue weighted by atomic mass is 16.5. The van der Waals surface area contributed by atoms with E-state index in [1.807, 2.05) is 42.0 Å². The van der Waals surface area contributed by atoms with Gasteiger partial charge in [0.05, 0.1) is 18.6 Å². The molecule has 2 aromatic rings. The van der Waals surface area contributed by atoms with Crippen molar-refractivity contribution >= 4 is 11.7 Å². The standard InChI is InChI=1S/C17H24N4O2/c1-13(2)11-23-16-7-5-4-6-15(16)20-17(22)19-14(3)10-21-9-8-18-12-21/h4-9,12-14H,10-11H2,1-3H3,(H2,19,20,22)/t14-/m0/s1. The second kappa shape index (κ2) is 8.22. The van der Waals surface area contributed by atoms with Gasteiger partial charge in [-0.2, -0.15) is 0 Å². The molecule has 1 aromatic heterocycles. The summed E-state index contributed by atoms with van der Waals surface area (Å²) in [5.74, 6) is 1.10. The van der Waals surface area contributed by atoms with Crippen LogP contribution in [-0.4, -0.2) is 28.2 Å². The monoisotopic (exact) mass is 316 g/mol. The molecule has 0 unspecified atom stereocenters. The zero-order valence-electron chi connectivity index (χ0n) is 13.8. The summed E-state index contributed by atoms with van der Waals surface area (Å²) in [6.45, 7) is 7.39. The first-order chi connectivity index (χ1) is 11.0. The fourth-order valence-corrected chi connectivity index (χ4v) is 2.09. The van der Waals surface area contributed by atoms with Crippen molar-refractivity contribution in [3.8, 4) is 5.75 Å². The van der Waals surface area contributed by atoms with Crippen LogP contribution in [0.3, 0.4) is 0 Å². The maximum absolute atomic E-state index is 12.1. The Kier molecular flexibility index (Phi) is 6.02. The second-order valence-electron chi connectivity index (χ2n) is 5.96. The summed E-state index contributed by atoms with van der Waals surface area (Å²) >= 11 is 0. The van der Waals surface area contributed by atoms with E-state index in [4.69, 9.17) is 4.74 Å². The number of amides is 2. The van der Waals surface area contributed by atoms with Crippen molar-refractivity contribution in [1.82, 2.24) is 14.9 Å². The molecule has 2 amide bonds. The van der Waals surface area contributed by atoms with Crippen LogP contribution in [0.2, 0.25) is 0 Å². The van der Waals surface area contributed by atoms with Crippen molar-refractivity contribution in [1.29, 1.82) is 0 Å². The van der Waals surface area contributed by atoms with E-state index in [0.717, 1.165) is 0 Å². The smallest absolute Gasteiger partial charge is 0.319 e. The molecule has 0 fully saturated rings. The zero-order valence-corrected chi connectivity index (χ0v) is 13.8. The fourth-order valence-electron chi connectivity index (χ4n) is 2.09. The number of ether oxygens (including phenoxy) is 1. The maximum atomic E-state index is 12.1. The average molecular weight is 316 g/mol. The minimum atomic E-state index is -0.252. The van der Waals surface area contributed by atoms with E-state index >= 15 is 0 Å². The number of hydrogen-bond donors (Lipinski definition) is 2. The molecule has 0 saturated heterocycles. The summed E-state index contributed by atoms with van der Waals surface area (Å²) in [6, 6.07) is 7.17. The Morgan fingerprint density at radius 3 is 2.78 bits per heavy atom. The number of carbonyl (C=O) groups excluding carboxylic acids is 1. The lowest BCUT2D eigenvalue weighted by Crippen LogP contribution is -2.38. The molecule has 1 heterocycles. The molecule has 0 bridgehead atoms. The van der Waals surface area contributed by atoms with Crippen LogP contribution in [0, 0.1) is 5.92 Å². The van der Waals surface area contributed by atoms with Crippen molar-refractivity contribution in [3.05, 3.63) is 43.0 Å². The predicted octanol–water partition coefficient (Wildman–Crippen LogP) is 3.13. The Labute approximate surface area is 136 Å². The number of urea groups is 1. The minimum Gasteiger partial charge on any atom is -0.491 e. The van der Waals surface area contributed by atoms with Gasteiger partial charge in [0.25, 0.3) is 0 Å². The van der Waals surface area contributed by atoms with Crippen LogP contribution in [0.25, 0.3) is 0 Å². The van der Waals surface area contributed by atoms with Gasteiger partial charge in [0.1, 0.15) is 5.75 Å². The van der Waals surface area contributed by atoms with Crippen molar-refractivity contribution in [3.63, 3.8) is 0 Å². The van der Waals surface area contributed by atoms with E-state index in [-0.39, 0.29) is 12.1 Å². The summed E-state index contributed by atoms with van der Waals surface area (Å²) in [4.78, 5) is 16.1. The SMILES string of the molecule is CC(C)COc1ccccc1NC(=O)N[C@@H](C)Cn1ccnc1. The molecule has 0 saturated carbocycles. The number of anilines is 1. The third-order valence-electron chi connectivity index (χ3n) is 3.13. The Balaban J connectivity index is 1.89. The number of nitrogens with zero attached hydrogens (tertiary/aromatic N) is 2. The number of benzene rings is 1. The number of rotatable bonds is 7. The molecule has 0 aliphatic carbocycles. The lowest BCUT2D eigenvalue weighted by Gasteiger charge is -2.17. The molecule has 2 rings (SSSR count). The Hall–Kier alpha value is -2.50. The Bertz CT molecular complexity index is 611. The number of nitrogens with one attached hydrogen (secondary N) is 2. The van der Waals surface area contributed by atoms with E-state index in [2.05, 4.69) is 29.5 Å². The number of hydrogen-bond acceptors (Lipinski definition) is 3. The van der Waals surface area contributed by atoms with Gasteiger partial charge in [-0.15, -0.1) is 0 Å². The molecule has 0 aliphatic rings. The van der Waals surface area contributed by atoms with Gasteiger partial charge in [0.15, 0.2) is 0 Å². The van der Waals surface area contributed by atoms with Gasteiger partial charge in [0, 0.05) is 25.0 Å². The van der Waals surface area contributed by atoms with Gasteiger partial charge in [-0.3, -0.25) is 0 Å². The van der Waals surface area contributed by atoms with Gasteiger partial charge in [0.2, 0.25) is 0 Å². The molecule has 0 aliphatic heterocycles. The summed E-state index contributed by atoms with van der Waals surface area (Å²) in [6.07, 6.45) is 5.31. The third kappa shape index (κ3) is 5.65. The van der Waals surface area contributed by atoms with Crippen LogP contribution >= 0.6 is 0 Å². The summed E-state index contributed by atoms with van der Waals surface area (Å²) in [5, 5.41) is 5.75. The van der Waals surface area contributed by atoms with Crippen molar-refractivity contribution in [2.24, 2.45) is 5.92 Å². The normalized spacial score (nSPS) is 12.0. The van der Waals surface area contributed by atoms with Crippen LogP contribution in [0.15, 0.2) is 43.0 Å². The Morgan fingerprint density at radius 2 is 2.09 bits per heavy atom. The fraction of sp³-hybridized carbons (Fsp3) is 0.412. The van der Waals surface area contributed by atoms with Crippen LogP contribution in [0.4, 0.5) is 10.5 Å². The number of para-hydroxylation sites is 2. The topological polar surface area (TPSA) is 68.2 Å². The van der Waals surface area contributed by atoms with Crippen LogP contribution < -0.4 is 15.4 Å². The third-order valence-corrected chi connectivity index (χ3v) is 3.13. The van der Waals surface area contributed by atoms with Gasteiger partial charge >= 0.3 is 6.03 Å². The molecule has 6 heteroatoms. The lowest BCUT2D eigenvalue weighted by atomic mass is 10.2. The summed E-state index contributed by atoms with van der Waals surface area (Å²) in [7, 11) is 0. The molecule has 2 N–H and O–H groups in total. The van der Waals surface area contributed by atoms with Crippen molar-refractivity contribution < 1.29 is 9.53 Å². The van der Waals surface area contributed by atoms with Crippen LogP contribution in [0.5, 0.6) is 5.75 Å². The predicted molar refractivity (Wildman–Crippen MR) is 90.6 cm³/mol. The summed E-state index contributed by atoms with van der Waals surface area (Å²) < 4.78 is 7.66. The lowest BCUT2D eigenvalue weighted by molar-refractivity contribution is 0.247. The Morgan fingerprint density at radius 1 is 1.30 bits per heavy atom. The van der Waals surface area contributed by atoms with Crippen molar-refractivity contribution in [2.75, 3.05) is 11.9 Å². The molecular weight excluding hydrogens is 292 g/mol. The second-order valence-corrected chi connectivity index (χ2v) is 5.96. The molecular formula is C17H24N4O2. The largest absolute Gasteiger partial charge is 0.491 e. The summed E-state index contributed by atoms with van der Waals surface area (Å²) in [5.41, 5.74) is 0.667. The minimum absolute atomic E-state index is 0.0204. The molecule has 0 spiro atoms. The quantitative estimate of drug-likeness (QED) is 0.824. The molecule has 1 atom stereocenters. The van der Waals surface area contributed by atoms with Crippen LogP contribution in [0.1, 0.15) is 20.8 Å². The molecule has 124 valence electrons. The highest BCUT2D eigenvalue weighted by Gasteiger charge is 2.11. The molecule has 6 nitrogen and oxygen atoms in total. The van der Waals surface area contributed by atoms with E-state index in [9.17, 15) is 4.79 Å². The van der Waals surface area contributed by atoms with Gasteiger partial charge in [-0.05, 0) is 25.0 Å². The van der Waals surface area contributed by atoms with E-state index in [0.29, 0.717) is 30.5 Å². The van der Waals surface area contributed by atoms with E-state index in [1.165, 1.54) is 0 Å². The highest BCUT2D eigenvalue weighted by molar-refractivity contribution is 5.91. The maximum Gasteiger partial charge on any atom is 0.319 e. The molecule has 0 radical (unpaired) electrons. The van der Waals surface area contributed by atoms with Gasteiger partial charge in [-0.1, -0.05) is 26.0 Å². The number of imidazole rings is 1. The van der Waals surface area contributed by atoms with Gasteiger partial charge in [-0.25, -0.2) is 9.78 Å². The highest BCUT2D eigenvalue weighted by Crippen LogP contribution is 2.24. The molecule has 23 heavy (non-hydrogen) atoms. The first-order valence-electron chi connectivity index (χ1n) is 7.79. The first kappa shape index (κ1) is 16.9. The van der Waals surface area contributed by atoms with E-state index in [1.54, 1.807) is 12.5 Å². The average Bonchev–Trinajstić information content (AvgIpc) is 2.98. The van der Waals surface area contributed by atoms with Crippen molar-refractivity contribution in [2.45, 2.75) is 33.4 Å².